The van der Waals surface area contributed by atoms with Gasteiger partial charge in [-0.3, -0.25) is 4.84 Å². The fourth-order valence-corrected chi connectivity index (χ4v) is 2.50. The van der Waals surface area contributed by atoms with Crippen LogP contribution in [0.1, 0.15) is 39.3 Å². The van der Waals surface area contributed by atoms with Crippen LogP contribution in [0.4, 0.5) is 0 Å². The van der Waals surface area contributed by atoms with Crippen LogP contribution in [0.15, 0.2) is 30.3 Å². The second kappa shape index (κ2) is 4.82. The molecule has 98 valence electrons. The quantitative estimate of drug-likeness (QED) is 0.752. The molecular weight excluding hydrogens is 226 g/mol. The van der Waals surface area contributed by atoms with Crippen LogP contribution in [0, 0.1) is 5.92 Å². The van der Waals surface area contributed by atoms with Gasteiger partial charge in [0.1, 0.15) is 6.29 Å². The normalized spacial score (nSPS) is 29.4. The van der Waals surface area contributed by atoms with E-state index in [4.69, 9.17) is 4.84 Å². The van der Waals surface area contributed by atoms with Crippen molar-refractivity contribution in [3.05, 3.63) is 35.9 Å². The molecule has 1 aliphatic heterocycles. The van der Waals surface area contributed by atoms with Crippen molar-refractivity contribution in [3.8, 4) is 0 Å². The SMILES string of the molecule is C[C@@H]1ON(C(C)(C)C)[C@H](c2ccccc2)[C@H]1C=O. The Kier molecular flexibility index (Phi) is 3.55. The molecular formula is C15H21NO2. The first-order valence-corrected chi connectivity index (χ1v) is 6.41. The molecule has 1 aromatic rings. The summed E-state index contributed by atoms with van der Waals surface area (Å²) in [4.78, 5) is 17.3. The van der Waals surface area contributed by atoms with Crippen molar-refractivity contribution in [3.63, 3.8) is 0 Å². The molecule has 1 saturated heterocycles. The molecule has 0 spiro atoms. The summed E-state index contributed by atoms with van der Waals surface area (Å²) >= 11 is 0. The van der Waals surface area contributed by atoms with E-state index in [2.05, 4.69) is 32.9 Å². The van der Waals surface area contributed by atoms with E-state index >= 15 is 0 Å². The molecule has 18 heavy (non-hydrogen) atoms. The summed E-state index contributed by atoms with van der Waals surface area (Å²) in [5, 5.41) is 1.96. The maximum Gasteiger partial charge on any atom is 0.127 e. The van der Waals surface area contributed by atoms with Gasteiger partial charge in [0, 0.05) is 5.54 Å². The predicted molar refractivity (Wildman–Crippen MR) is 70.9 cm³/mol. The maximum absolute atomic E-state index is 11.4. The summed E-state index contributed by atoms with van der Waals surface area (Å²) < 4.78 is 0. The molecule has 0 N–H and O–H groups in total. The zero-order chi connectivity index (χ0) is 13.3. The van der Waals surface area contributed by atoms with E-state index in [0.717, 1.165) is 11.8 Å². The summed E-state index contributed by atoms with van der Waals surface area (Å²) in [5.41, 5.74) is 1.00. The van der Waals surface area contributed by atoms with Gasteiger partial charge in [-0.25, -0.2) is 0 Å². The van der Waals surface area contributed by atoms with Crippen molar-refractivity contribution < 1.29 is 9.63 Å². The van der Waals surface area contributed by atoms with Crippen molar-refractivity contribution in [2.24, 2.45) is 5.92 Å². The van der Waals surface area contributed by atoms with Crippen LogP contribution in [0.25, 0.3) is 0 Å². The maximum atomic E-state index is 11.4. The second-order valence-electron chi connectivity index (χ2n) is 5.88. The molecule has 1 aromatic carbocycles. The Morgan fingerprint density at radius 2 is 1.83 bits per heavy atom. The van der Waals surface area contributed by atoms with E-state index in [1.54, 1.807) is 0 Å². The van der Waals surface area contributed by atoms with Crippen LogP contribution in [0.3, 0.4) is 0 Å². The number of carbonyl (C=O) groups is 1. The van der Waals surface area contributed by atoms with Gasteiger partial charge in [0.25, 0.3) is 0 Å². The number of benzene rings is 1. The Morgan fingerprint density at radius 3 is 2.33 bits per heavy atom. The largest absolute Gasteiger partial charge is 0.303 e. The highest BCUT2D eigenvalue weighted by Gasteiger charge is 2.46. The Labute approximate surface area is 109 Å². The summed E-state index contributed by atoms with van der Waals surface area (Å²) in [5.74, 6) is -0.119. The third-order valence-corrected chi connectivity index (χ3v) is 3.40. The third kappa shape index (κ3) is 2.33. The second-order valence-corrected chi connectivity index (χ2v) is 5.88. The Balaban J connectivity index is 2.40. The smallest absolute Gasteiger partial charge is 0.127 e. The number of hydrogen-bond donors (Lipinski definition) is 0. The minimum absolute atomic E-state index is 0.00120. The first kappa shape index (κ1) is 13.2. The lowest BCUT2D eigenvalue weighted by atomic mass is 9.89. The summed E-state index contributed by atoms with van der Waals surface area (Å²) in [7, 11) is 0. The standard InChI is InChI=1S/C15H21NO2/c1-11-13(10-17)14(12-8-6-5-7-9-12)16(18-11)15(2,3)4/h5-11,13-14H,1-4H3/t11-,13-,14+/m0/s1. The van der Waals surface area contributed by atoms with Gasteiger partial charge < -0.3 is 4.79 Å². The first-order valence-electron chi connectivity index (χ1n) is 6.41. The molecule has 0 bridgehead atoms. The van der Waals surface area contributed by atoms with Gasteiger partial charge >= 0.3 is 0 Å². The molecule has 1 fully saturated rings. The van der Waals surface area contributed by atoms with Crippen LogP contribution >= 0.6 is 0 Å². The van der Waals surface area contributed by atoms with Gasteiger partial charge in [0.05, 0.1) is 18.1 Å². The zero-order valence-electron chi connectivity index (χ0n) is 11.5. The van der Waals surface area contributed by atoms with E-state index in [0.29, 0.717) is 0 Å². The van der Waals surface area contributed by atoms with Gasteiger partial charge in [-0.2, -0.15) is 5.06 Å². The van der Waals surface area contributed by atoms with Crippen LogP contribution < -0.4 is 0 Å². The van der Waals surface area contributed by atoms with Crippen LogP contribution in [-0.2, 0) is 9.63 Å². The van der Waals surface area contributed by atoms with E-state index < -0.39 is 0 Å². The molecule has 1 heterocycles. The van der Waals surface area contributed by atoms with E-state index in [1.807, 2.05) is 30.2 Å². The predicted octanol–water partition coefficient (Wildman–Crippen LogP) is 2.98. The third-order valence-electron chi connectivity index (χ3n) is 3.40. The topological polar surface area (TPSA) is 29.5 Å². The number of aldehydes is 1. The van der Waals surface area contributed by atoms with Gasteiger partial charge in [-0.05, 0) is 33.3 Å². The van der Waals surface area contributed by atoms with E-state index in [9.17, 15) is 4.79 Å². The minimum atomic E-state index is -0.132. The van der Waals surface area contributed by atoms with Crippen LogP contribution in [-0.4, -0.2) is 23.0 Å². The Hall–Kier alpha value is -1.19. The summed E-state index contributed by atoms with van der Waals surface area (Å²) in [6, 6.07) is 10.1. The highest BCUT2D eigenvalue weighted by molar-refractivity contribution is 5.57. The van der Waals surface area contributed by atoms with Crippen LogP contribution in [0.2, 0.25) is 0 Å². The highest BCUT2D eigenvalue weighted by atomic mass is 16.7. The number of rotatable bonds is 2. The molecule has 2 rings (SSSR count). The van der Waals surface area contributed by atoms with Gasteiger partial charge in [-0.1, -0.05) is 30.3 Å². The molecule has 0 radical (unpaired) electrons. The molecule has 3 nitrogen and oxygen atoms in total. The molecule has 0 unspecified atom stereocenters. The number of carbonyl (C=O) groups excluding carboxylic acids is 1. The van der Waals surface area contributed by atoms with Crippen LogP contribution in [0.5, 0.6) is 0 Å². The van der Waals surface area contributed by atoms with Gasteiger partial charge in [0.2, 0.25) is 0 Å². The van der Waals surface area contributed by atoms with Crippen molar-refractivity contribution >= 4 is 6.29 Å². The monoisotopic (exact) mass is 247 g/mol. The number of hydrogen-bond acceptors (Lipinski definition) is 3. The minimum Gasteiger partial charge on any atom is -0.303 e. The van der Waals surface area contributed by atoms with E-state index in [1.165, 1.54) is 0 Å². The van der Waals surface area contributed by atoms with Crippen molar-refractivity contribution in [1.29, 1.82) is 0 Å². The Bertz CT molecular complexity index is 410. The first-order chi connectivity index (χ1) is 8.45. The molecule has 3 heteroatoms. The molecule has 0 saturated carbocycles. The summed E-state index contributed by atoms with van der Waals surface area (Å²) in [6.45, 7) is 8.26. The van der Waals surface area contributed by atoms with Crippen molar-refractivity contribution in [2.75, 3.05) is 0 Å². The highest BCUT2D eigenvalue weighted by Crippen LogP contribution is 2.42. The van der Waals surface area contributed by atoms with E-state index in [-0.39, 0.29) is 23.6 Å². The molecule has 3 atom stereocenters. The average Bonchev–Trinajstić information content (AvgIpc) is 2.67. The van der Waals surface area contributed by atoms with Gasteiger partial charge in [-0.15, -0.1) is 0 Å². The zero-order valence-corrected chi connectivity index (χ0v) is 11.5. The van der Waals surface area contributed by atoms with Crippen molar-refractivity contribution in [1.82, 2.24) is 5.06 Å². The number of hydroxylamine groups is 2. The average molecular weight is 247 g/mol. The lowest BCUT2D eigenvalue weighted by Crippen LogP contribution is -2.40. The van der Waals surface area contributed by atoms with Crippen molar-refractivity contribution in [2.45, 2.75) is 45.4 Å². The Morgan fingerprint density at radius 1 is 1.22 bits per heavy atom. The molecule has 0 aromatic heterocycles. The fraction of sp³-hybridized carbons (Fsp3) is 0.533. The molecule has 0 aliphatic carbocycles. The lowest BCUT2D eigenvalue weighted by molar-refractivity contribution is -0.209. The molecule has 0 amide bonds. The molecule has 1 aliphatic rings. The van der Waals surface area contributed by atoms with Gasteiger partial charge in [0.15, 0.2) is 0 Å². The summed E-state index contributed by atoms with van der Waals surface area (Å²) in [6.07, 6.45) is 0.945. The fourth-order valence-electron chi connectivity index (χ4n) is 2.50. The lowest BCUT2D eigenvalue weighted by Gasteiger charge is -2.35. The number of nitrogens with zero attached hydrogens (tertiary/aromatic N) is 1.